The molecule has 0 aliphatic carbocycles. The highest BCUT2D eigenvalue weighted by Gasteiger charge is 2.12. The van der Waals surface area contributed by atoms with Crippen LogP contribution in [0.15, 0.2) is 58.4 Å². The van der Waals surface area contributed by atoms with Crippen molar-refractivity contribution in [2.24, 2.45) is 4.99 Å². The lowest BCUT2D eigenvalue weighted by Gasteiger charge is -2.13. The Hall–Kier alpha value is -2.49. The van der Waals surface area contributed by atoms with Gasteiger partial charge in [-0.2, -0.15) is 0 Å². The molecule has 0 aliphatic heterocycles. The zero-order valence-corrected chi connectivity index (χ0v) is 17.4. The van der Waals surface area contributed by atoms with Crippen molar-refractivity contribution in [1.82, 2.24) is 15.4 Å². The summed E-state index contributed by atoms with van der Waals surface area (Å²) in [6, 6.07) is 13.3. The normalized spacial score (nSPS) is 12.0. The highest BCUT2D eigenvalue weighted by molar-refractivity contribution is 7.89. The lowest BCUT2D eigenvalue weighted by molar-refractivity contribution is 0.204. The second kappa shape index (κ2) is 11.5. The third-order valence-electron chi connectivity index (χ3n) is 4.16. The van der Waals surface area contributed by atoms with Gasteiger partial charge in [-0.1, -0.05) is 30.3 Å². The Labute approximate surface area is 171 Å². The van der Waals surface area contributed by atoms with Crippen LogP contribution < -0.4 is 15.4 Å². The number of benzene rings is 2. The Bertz CT molecular complexity index is 902. The molecule has 0 atom stereocenters. The van der Waals surface area contributed by atoms with E-state index in [9.17, 15) is 12.8 Å². The maximum absolute atomic E-state index is 13.6. The Balaban J connectivity index is 1.82. The first-order valence-electron chi connectivity index (χ1n) is 9.21. The number of nitrogens with zero attached hydrogens (tertiary/aromatic N) is 1. The summed E-state index contributed by atoms with van der Waals surface area (Å²) in [7, 11) is -0.379. The van der Waals surface area contributed by atoms with E-state index in [0.717, 1.165) is 5.56 Å². The third-order valence-corrected chi connectivity index (χ3v) is 5.64. The molecule has 7 nitrogen and oxygen atoms in total. The first kappa shape index (κ1) is 22.8. The Morgan fingerprint density at radius 3 is 2.45 bits per heavy atom. The van der Waals surface area contributed by atoms with Gasteiger partial charge in [0, 0.05) is 33.8 Å². The van der Waals surface area contributed by atoms with Crippen LogP contribution in [-0.2, 0) is 27.7 Å². The lowest BCUT2D eigenvalue weighted by Crippen LogP contribution is -2.37. The van der Waals surface area contributed by atoms with Gasteiger partial charge in [0.15, 0.2) is 5.96 Å². The summed E-state index contributed by atoms with van der Waals surface area (Å²) in [6.45, 7) is 1.53. The van der Waals surface area contributed by atoms with Gasteiger partial charge < -0.3 is 15.4 Å². The summed E-state index contributed by atoms with van der Waals surface area (Å²) in [5.74, 6) is 0.364. The fourth-order valence-corrected chi connectivity index (χ4v) is 3.58. The molecule has 0 saturated carbocycles. The van der Waals surface area contributed by atoms with Crippen LogP contribution in [0, 0.1) is 5.82 Å². The number of nitrogens with one attached hydrogen (secondary N) is 3. The van der Waals surface area contributed by atoms with Crippen LogP contribution in [0.5, 0.6) is 0 Å². The third kappa shape index (κ3) is 7.45. The average Bonchev–Trinajstić information content (AvgIpc) is 2.72. The van der Waals surface area contributed by atoms with Gasteiger partial charge in [-0.15, -0.1) is 0 Å². The summed E-state index contributed by atoms with van der Waals surface area (Å²) in [5, 5.41) is 6.28. The highest BCUT2D eigenvalue weighted by atomic mass is 32.2. The first-order valence-corrected chi connectivity index (χ1v) is 10.7. The molecule has 0 amide bonds. The molecular formula is C20H27FN4O3S. The Morgan fingerprint density at radius 2 is 1.79 bits per heavy atom. The van der Waals surface area contributed by atoms with E-state index in [-0.39, 0.29) is 17.3 Å². The lowest BCUT2D eigenvalue weighted by atomic mass is 10.1. The van der Waals surface area contributed by atoms with Crippen molar-refractivity contribution >= 4 is 16.0 Å². The van der Waals surface area contributed by atoms with Crippen molar-refractivity contribution in [2.75, 3.05) is 33.9 Å². The maximum atomic E-state index is 13.6. The molecule has 0 radical (unpaired) electrons. The molecule has 0 spiro atoms. The number of methoxy groups -OCH3 is 1. The van der Waals surface area contributed by atoms with Crippen LogP contribution in [0.25, 0.3) is 0 Å². The average molecular weight is 423 g/mol. The van der Waals surface area contributed by atoms with Gasteiger partial charge in [0.2, 0.25) is 10.0 Å². The van der Waals surface area contributed by atoms with Gasteiger partial charge in [-0.25, -0.2) is 17.5 Å². The summed E-state index contributed by atoms with van der Waals surface area (Å²) < 4.78 is 45.3. The predicted octanol–water partition coefficient (Wildman–Crippen LogP) is 1.66. The van der Waals surface area contributed by atoms with Crippen LogP contribution >= 0.6 is 0 Å². The minimum atomic E-state index is -3.54. The van der Waals surface area contributed by atoms with Crippen LogP contribution in [0.2, 0.25) is 0 Å². The number of aliphatic imine (C=N–C) groups is 1. The number of halogens is 1. The van der Waals surface area contributed by atoms with E-state index in [2.05, 4.69) is 20.3 Å². The van der Waals surface area contributed by atoms with E-state index < -0.39 is 10.0 Å². The van der Waals surface area contributed by atoms with E-state index in [1.54, 1.807) is 43.4 Å². The second-order valence-corrected chi connectivity index (χ2v) is 8.00. The van der Waals surface area contributed by atoms with Crippen LogP contribution in [0.4, 0.5) is 4.39 Å². The SMILES string of the molecule is CN=C(NCCc1ccccc1F)NCc1ccc(S(=O)(=O)NCCOC)cc1. The van der Waals surface area contributed by atoms with Gasteiger partial charge in [-0.05, 0) is 35.7 Å². The topological polar surface area (TPSA) is 91.8 Å². The molecule has 2 aromatic carbocycles. The maximum Gasteiger partial charge on any atom is 0.240 e. The second-order valence-electron chi connectivity index (χ2n) is 6.23. The van der Waals surface area contributed by atoms with Crippen molar-refractivity contribution in [1.29, 1.82) is 0 Å². The van der Waals surface area contributed by atoms with E-state index in [4.69, 9.17) is 4.74 Å². The van der Waals surface area contributed by atoms with Crippen LogP contribution in [0.1, 0.15) is 11.1 Å². The van der Waals surface area contributed by atoms with Gasteiger partial charge in [-0.3, -0.25) is 4.99 Å². The molecule has 0 saturated heterocycles. The largest absolute Gasteiger partial charge is 0.383 e. The molecule has 0 aromatic heterocycles. The number of sulfonamides is 1. The van der Waals surface area contributed by atoms with E-state index in [0.29, 0.717) is 37.6 Å². The van der Waals surface area contributed by atoms with E-state index in [1.165, 1.54) is 13.2 Å². The van der Waals surface area contributed by atoms with Crippen molar-refractivity contribution < 1.29 is 17.5 Å². The van der Waals surface area contributed by atoms with Crippen molar-refractivity contribution in [3.8, 4) is 0 Å². The molecule has 0 unspecified atom stereocenters. The standard InChI is InChI=1S/C20H27FN4O3S/c1-22-20(23-12-11-17-5-3-4-6-19(17)21)24-15-16-7-9-18(10-8-16)29(26,27)25-13-14-28-2/h3-10,25H,11-15H2,1-2H3,(H2,22,23,24). The minimum absolute atomic E-state index is 0.199. The van der Waals surface area contributed by atoms with Crippen molar-refractivity contribution in [3.05, 3.63) is 65.5 Å². The summed E-state index contributed by atoms with van der Waals surface area (Å²) in [5.41, 5.74) is 1.55. The fraction of sp³-hybridized carbons (Fsp3) is 0.350. The number of rotatable bonds is 10. The van der Waals surface area contributed by atoms with Gasteiger partial charge >= 0.3 is 0 Å². The van der Waals surface area contributed by atoms with Crippen molar-refractivity contribution in [2.45, 2.75) is 17.9 Å². The summed E-state index contributed by atoms with van der Waals surface area (Å²) in [4.78, 5) is 4.34. The highest BCUT2D eigenvalue weighted by Crippen LogP contribution is 2.10. The van der Waals surface area contributed by atoms with E-state index in [1.807, 2.05) is 6.07 Å². The molecule has 2 rings (SSSR count). The fourth-order valence-electron chi connectivity index (χ4n) is 2.57. The van der Waals surface area contributed by atoms with E-state index >= 15 is 0 Å². The molecule has 0 aliphatic rings. The zero-order chi connectivity index (χ0) is 21.1. The number of hydrogen-bond acceptors (Lipinski definition) is 4. The Kier molecular flexibility index (Phi) is 9.04. The molecule has 2 aromatic rings. The molecule has 9 heteroatoms. The minimum Gasteiger partial charge on any atom is -0.383 e. The molecule has 0 bridgehead atoms. The molecule has 0 fully saturated rings. The summed E-state index contributed by atoms with van der Waals surface area (Å²) in [6.07, 6.45) is 0.538. The smallest absolute Gasteiger partial charge is 0.240 e. The molecule has 3 N–H and O–H groups in total. The number of ether oxygens (including phenoxy) is 1. The van der Waals surface area contributed by atoms with Crippen LogP contribution in [0.3, 0.4) is 0 Å². The van der Waals surface area contributed by atoms with Gasteiger partial charge in [0.25, 0.3) is 0 Å². The zero-order valence-electron chi connectivity index (χ0n) is 16.6. The van der Waals surface area contributed by atoms with Crippen LogP contribution in [-0.4, -0.2) is 48.2 Å². The number of guanidine groups is 1. The number of hydrogen-bond donors (Lipinski definition) is 3. The molecule has 158 valence electrons. The van der Waals surface area contributed by atoms with Gasteiger partial charge in [0.1, 0.15) is 5.82 Å². The monoisotopic (exact) mass is 422 g/mol. The Morgan fingerprint density at radius 1 is 1.07 bits per heavy atom. The molecular weight excluding hydrogens is 395 g/mol. The quantitative estimate of drug-likeness (QED) is 0.308. The predicted molar refractivity (Wildman–Crippen MR) is 112 cm³/mol. The van der Waals surface area contributed by atoms with Gasteiger partial charge in [0.05, 0.1) is 11.5 Å². The molecule has 0 heterocycles. The van der Waals surface area contributed by atoms with Crippen molar-refractivity contribution in [3.63, 3.8) is 0 Å². The molecule has 29 heavy (non-hydrogen) atoms. The first-order chi connectivity index (χ1) is 14.0. The summed E-state index contributed by atoms with van der Waals surface area (Å²) >= 11 is 0.